The van der Waals surface area contributed by atoms with Crippen LogP contribution < -0.4 is 15.1 Å². The number of carbonyl (C=O) groups is 1. The number of hydrogen-bond acceptors (Lipinski definition) is 4. The maximum Gasteiger partial charge on any atom is 0.239 e. The van der Waals surface area contributed by atoms with Crippen LogP contribution in [0.3, 0.4) is 0 Å². The fourth-order valence-electron chi connectivity index (χ4n) is 3.46. The van der Waals surface area contributed by atoms with Crippen molar-refractivity contribution in [3.63, 3.8) is 0 Å². The van der Waals surface area contributed by atoms with Gasteiger partial charge >= 0.3 is 0 Å². The number of pyridine rings is 1. The van der Waals surface area contributed by atoms with Gasteiger partial charge in [0, 0.05) is 38.1 Å². The number of carbonyl (C=O) groups excluding carboxylic acids is 1. The van der Waals surface area contributed by atoms with Crippen molar-refractivity contribution in [1.82, 2.24) is 10.3 Å². The van der Waals surface area contributed by atoms with Crippen LogP contribution in [0.15, 0.2) is 48.7 Å². The SMILES string of the molecule is CCN(CCNC(=O)CN1CCCCc2cccnc21)c1ccccc1. The highest BCUT2D eigenvalue weighted by atomic mass is 16.2. The second-order valence-corrected chi connectivity index (χ2v) is 6.63. The summed E-state index contributed by atoms with van der Waals surface area (Å²) in [5.74, 6) is 1.03. The van der Waals surface area contributed by atoms with Crippen LogP contribution in [0.1, 0.15) is 25.3 Å². The molecule has 1 aromatic carbocycles. The predicted molar refractivity (Wildman–Crippen MR) is 107 cm³/mol. The molecule has 3 rings (SSSR count). The highest BCUT2D eigenvalue weighted by Gasteiger charge is 2.18. The molecule has 1 amide bonds. The van der Waals surface area contributed by atoms with E-state index in [9.17, 15) is 4.79 Å². The van der Waals surface area contributed by atoms with Crippen LogP contribution in [0, 0.1) is 0 Å². The number of benzene rings is 1. The number of fused-ring (bicyclic) bond motifs is 1. The van der Waals surface area contributed by atoms with E-state index in [1.165, 1.54) is 11.3 Å². The summed E-state index contributed by atoms with van der Waals surface area (Å²) >= 11 is 0. The quantitative estimate of drug-likeness (QED) is 0.832. The summed E-state index contributed by atoms with van der Waals surface area (Å²) in [6.07, 6.45) is 5.11. The van der Waals surface area contributed by atoms with E-state index >= 15 is 0 Å². The van der Waals surface area contributed by atoms with Gasteiger partial charge in [0.25, 0.3) is 0 Å². The van der Waals surface area contributed by atoms with Crippen molar-refractivity contribution in [3.05, 3.63) is 54.2 Å². The maximum absolute atomic E-state index is 12.4. The Balaban J connectivity index is 1.51. The minimum atomic E-state index is 0.0626. The van der Waals surface area contributed by atoms with Crippen LogP contribution in [0.4, 0.5) is 11.5 Å². The summed E-state index contributed by atoms with van der Waals surface area (Å²) in [4.78, 5) is 21.3. The third-order valence-corrected chi connectivity index (χ3v) is 4.83. The number of para-hydroxylation sites is 1. The fourth-order valence-corrected chi connectivity index (χ4v) is 3.46. The molecule has 0 fully saturated rings. The van der Waals surface area contributed by atoms with Crippen LogP contribution in [-0.4, -0.2) is 43.6 Å². The third kappa shape index (κ3) is 4.75. The molecule has 0 atom stereocenters. The standard InChI is InChI=1S/C21H28N4O/c1-2-24(19-11-4-3-5-12-19)16-14-22-20(26)17-25-15-7-6-9-18-10-8-13-23-21(18)25/h3-5,8,10-13H,2,6-7,9,14-17H2,1H3,(H,22,26). The first-order valence-electron chi connectivity index (χ1n) is 9.53. The average molecular weight is 352 g/mol. The van der Waals surface area contributed by atoms with E-state index in [0.29, 0.717) is 13.1 Å². The van der Waals surface area contributed by atoms with Crippen LogP contribution in [0.5, 0.6) is 0 Å². The Hall–Kier alpha value is -2.56. The normalized spacial score (nSPS) is 13.7. The smallest absolute Gasteiger partial charge is 0.239 e. The molecule has 1 aliphatic heterocycles. The predicted octanol–water partition coefficient (Wildman–Crippen LogP) is 2.87. The molecule has 1 N–H and O–H groups in total. The van der Waals surface area contributed by atoms with Crippen molar-refractivity contribution >= 4 is 17.4 Å². The Morgan fingerprint density at radius 3 is 2.85 bits per heavy atom. The molecule has 5 heteroatoms. The summed E-state index contributed by atoms with van der Waals surface area (Å²) in [6.45, 7) is 5.77. The zero-order chi connectivity index (χ0) is 18.2. The van der Waals surface area contributed by atoms with Gasteiger partial charge in [0.2, 0.25) is 5.91 Å². The highest BCUT2D eigenvalue weighted by molar-refractivity contribution is 5.81. The van der Waals surface area contributed by atoms with Gasteiger partial charge in [0.15, 0.2) is 0 Å². The zero-order valence-electron chi connectivity index (χ0n) is 15.5. The molecule has 2 aromatic rings. The van der Waals surface area contributed by atoms with E-state index in [0.717, 1.165) is 44.7 Å². The van der Waals surface area contributed by atoms with Gasteiger partial charge in [0.1, 0.15) is 5.82 Å². The number of anilines is 2. The van der Waals surface area contributed by atoms with E-state index < -0.39 is 0 Å². The maximum atomic E-state index is 12.4. The molecule has 2 heterocycles. The van der Waals surface area contributed by atoms with Gasteiger partial charge in [-0.2, -0.15) is 0 Å². The summed E-state index contributed by atoms with van der Waals surface area (Å²) in [6, 6.07) is 14.4. The van der Waals surface area contributed by atoms with E-state index in [1.54, 1.807) is 0 Å². The molecule has 0 radical (unpaired) electrons. The number of aryl methyl sites for hydroxylation is 1. The second-order valence-electron chi connectivity index (χ2n) is 6.63. The molecule has 0 saturated carbocycles. The minimum absolute atomic E-state index is 0.0626. The van der Waals surface area contributed by atoms with Crippen molar-refractivity contribution < 1.29 is 4.79 Å². The van der Waals surface area contributed by atoms with Gasteiger partial charge in [0.05, 0.1) is 6.54 Å². The first-order chi connectivity index (χ1) is 12.8. The molecule has 26 heavy (non-hydrogen) atoms. The van der Waals surface area contributed by atoms with Gasteiger partial charge in [-0.3, -0.25) is 4.79 Å². The van der Waals surface area contributed by atoms with Crippen molar-refractivity contribution in [2.24, 2.45) is 0 Å². The van der Waals surface area contributed by atoms with Crippen molar-refractivity contribution in [1.29, 1.82) is 0 Å². The van der Waals surface area contributed by atoms with Crippen LogP contribution in [-0.2, 0) is 11.2 Å². The van der Waals surface area contributed by atoms with Gasteiger partial charge < -0.3 is 15.1 Å². The van der Waals surface area contributed by atoms with Crippen LogP contribution in [0.25, 0.3) is 0 Å². The Bertz CT molecular complexity index is 704. The van der Waals surface area contributed by atoms with Crippen LogP contribution >= 0.6 is 0 Å². The van der Waals surface area contributed by atoms with Gasteiger partial charge in [-0.05, 0) is 49.9 Å². The van der Waals surface area contributed by atoms with Crippen molar-refractivity contribution in [2.45, 2.75) is 26.2 Å². The lowest BCUT2D eigenvalue weighted by atomic mass is 10.1. The third-order valence-electron chi connectivity index (χ3n) is 4.83. The summed E-state index contributed by atoms with van der Waals surface area (Å²) in [5.41, 5.74) is 2.44. The van der Waals surface area contributed by atoms with Crippen molar-refractivity contribution in [2.75, 3.05) is 42.5 Å². The zero-order valence-corrected chi connectivity index (χ0v) is 15.5. The number of nitrogens with one attached hydrogen (secondary N) is 1. The minimum Gasteiger partial charge on any atom is -0.370 e. The second kappa shape index (κ2) is 9.22. The first kappa shape index (κ1) is 18.2. The van der Waals surface area contributed by atoms with Gasteiger partial charge in [-0.25, -0.2) is 4.98 Å². The van der Waals surface area contributed by atoms with E-state index in [1.807, 2.05) is 30.5 Å². The highest BCUT2D eigenvalue weighted by Crippen LogP contribution is 2.23. The number of likely N-dealkylation sites (N-methyl/N-ethyl adjacent to an activating group) is 1. The number of amides is 1. The average Bonchev–Trinajstić information content (AvgIpc) is 2.88. The Labute approximate surface area is 156 Å². The Kier molecular flexibility index (Phi) is 6.47. The number of rotatable bonds is 7. The van der Waals surface area contributed by atoms with E-state index in [4.69, 9.17) is 0 Å². The summed E-state index contributed by atoms with van der Waals surface area (Å²) in [7, 11) is 0. The monoisotopic (exact) mass is 352 g/mol. The van der Waals surface area contributed by atoms with E-state index in [2.05, 4.69) is 45.2 Å². The molecular formula is C21H28N4O. The summed E-state index contributed by atoms with van der Waals surface area (Å²) < 4.78 is 0. The molecule has 0 bridgehead atoms. The molecule has 1 aromatic heterocycles. The summed E-state index contributed by atoms with van der Waals surface area (Å²) in [5, 5.41) is 3.07. The van der Waals surface area contributed by atoms with Crippen LogP contribution in [0.2, 0.25) is 0 Å². The largest absolute Gasteiger partial charge is 0.370 e. The molecule has 138 valence electrons. The Morgan fingerprint density at radius 1 is 1.19 bits per heavy atom. The molecule has 5 nitrogen and oxygen atoms in total. The first-order valence-corrected chi connectivity index (χ1v) is 9.53. The molecule has 0 unspecified atom stereocenters. The molecule has 0 saturated heterocycles. The molecule has 0 aliphatic carbocycles. The molecule has 1 aliphatic rings. The number of aromatic nitrogens is 1. The van der Waals surface area contributed by atoms with Gasteiger partial charge in [-0.15, -0.1) is 0 Å². The lowest BCUT2D eigenvalue weighted by molar-refractivity contribution is -0.119. The molecule has 0 spiro atoms. The number of nitrogens with zero attached hydrogens (tertiary/aromatic N) is 3. The molecular weight excluding hydrogens is 324 g/mol. The lowest BCUT2D eigenvalue weighted by Gasteiger charge is -2.25. The topological polar surface area (TPSA) is 48.5 Å². The number of hydrogen-bond donors (Lipinski definition) is 1. The van der Waals surface area contributed by atoms with Gasteiger partial charge in [-0.1, -0.05) is 24.3 Å². The Morgan fingerprint density at radius 2 is 2.04 bits per heavy atom. The lowest BCUT2D eigenvalue weighted by Crippen LogP contribution is -2.41. The fraction of sp³-hybridized carbons (Fsp3) is 0.429. The van der Waals surface area contributed by atoms with Crippen molar-refractivity contribution in [3.8, 4) is 0 Å². The van der Waals surface area contributed by atoms with E-state index in [-0.39, 0.29) is 5.91 Å².